The monoisotopic (exact) mass is 265 g/mol. The van der Waals surface area contributed by atoms with E-state index < -0.39 is 5.54 Å². The summed E-state index contributed by atoms with van der Waals surface area (Å²) in [6.07, 6.45) is 8.00. The van der Waals surface area contributed by atoms with Crippen molar-refractivity contribution in [3.8, 4) is 0 Å². The molecule has 3 unspecified atom stereocenters. The van der Waals surface area contributed by atoms with Gasteiger partial charge in [0.25, 0.3) is 0 Å². The predicted octanol–water partition coefficient (Wildman–Crippen LogP) is 1.25. The van der Waals surface area contributed by atoms with Crippen LogP contribution in [0.4, 0.5) is 0 Å². The molecule has 1 saturated heterocycles. The van der Waals surface area contributed by atoms with Crippen LogP contribution in [0.1, 0.15) is 51.9 Å². The van der Waals surface area contributed by atoms with E-state index >= 15 is 0 Å². The molecular weight excluding hydrogens is 238 g/mol. The van der Waals surface area contributed by atoms with Crippen molar-refractivity contribution < 1.29 is 4.79 Å². The number of carbonyl (C=O) groups excluding carboxylic acids is 1. The van der Waals surface area contributed by atoms with E-state index in [9.17, 15) is 4.79 Å². The van der Waals surface area contributed by atoms with E-state index in [1.54, 1.807) is 0 Å². The zero-order chi connectivity index (χ0) is 13.5. The number of nitrogens with zero attached hydrogens (tertiary/aromatic N) is 1. The van der Waals surface area contributed by atoms with E-state index in [0.29, 0.717) is 12.1 Å². The van der Waals surface area contributed by atoms with Crippen molar-refractivity contribution in [3.05, 3.63) is 0 Å². The molecule has 2 saturated carbocycles. The molecule has 0 radical (unpaired) electrons. The molecule has 2 aliphatic carbocycles. The van der Waals surface area contributed by atoms with Gasteiger partial charge in [-0.05, 0) is 51.0 Å². The Balaban J connectivity index is 1.62. The summed E-state index contributed by atoms with van der Waals surface area (Å²) in [5, 5.41) is 3.54. The molecule has 0 spiro atoms. The molecule has 3 fully saturated rings. The number of primary amides is 1. The molecule has 0 bridgehead atoms. The molecule has 3 N–H and O–H groups in total. The number of hydrogen-bond donors (Lipinski definition) is 2. The molecule has 4 nitrogen and oxygen atoms in total. The van der Waals surface area contributed by atoms with Gasteiger partial charge in [0.1, 0.15) is 0 Å². The Morgan fingerprint density at radius 2 is 2.16 bits per heavy atom. The van der Waals surface area contributed by atoms with Gasteiger partial charge in [0.15, 0.2) is 0 Å². The Morgan fingerprint density at radius 3 is 2.74 bits per heavy atom. The number of nitrogens with two attached hydrogens (primary N) is 1. The van der Waals surface area contributed by atoms with Crippen molar-refractivity contribution >= 4 is 5.91 Å². The van der Waals surface area contributed by atoms with Gasteiger partial charge in [-0.25, -0.2) is 0 Å². The van der Waals surface area contributed by atoms with Crippen LogP contribution >= 0.6 is 0 Å². The molecule has 1 aliphatic heterocycles. The number of amides is 1. The molecule has 3 atom stereocenters. The van der Waals surface area contributed by atoms with Gasteiger partial charge in [0.05, 0.1) is 5.54 Å². The Labute approximate surface area is 116 Å². The lowest BCUT2D eigenvalue weighted by Crippen LogP contribution is -2.55. The second-order valence-corrected chi connectivity index (χ2v) is 6.82. The van der Waals surface area contributed by atoms with Crippen molar-refractivity contribution in [2.75, 3.05) is 13.1 Å². The second-order valence-electron chi connectivity index (χ2n) is 6.82. The fourth-order valence-corrected chi connectivity index (χ4v) is 3.90. The third-order valence-corrected chi connectivity index (χ3v) is 5.43. The molecule has 0 aromatic rings. The minimum absolute atomic E-state index is 0.131. The van der Waals surface area contributed by atoms with Gasteiger partial charge in [-0.2, -0.15) is 0 Å². The first-order chi connectivity index (χ1) is 9.13. The summed E-state index contributed by atoms with van der Waals surface area (Å²) in [7, 11) is 0. The highest BCUT2D eigenvalue weighted by atomic mass is 16.1. The van der Waals surface area contributed by atoms with Crippen LogP contribution in [0.25, 0.3) is 0 Å². The Kier molecular flexibility index (Phi) is 3.56. The maximum Gasteiger partial charge on any atom is 0.237 e. The minimum Gasteiger partial charge on any atom is -0.368 e. The first-order valence-corrected chi connectivity index (χ1v) is 7.94. The van der Waals surface area contributed by atoms with Crippen LogP contribution in [-0.2, 0) is 4.79 Å². The van der Waals surface area contributed by atoms with Gasteiger partial charge in [0, 0.05) is 18.6 Å². The van der Waals surface area contributed by atoms with Crippen molar-refractivity contribution in [1.82, 2.24) is 10.2 Å². The quantitative estimate of drug-likeness (QED) is 0.786. The van der Waals surface area contributed by atoms with Gasteiger partial charge in [-0.15, -0.1) is 0 Å². The molecule has 0 aromatic carbocycles. The highest BCUT2D eigenvalue weighted by Crippen LogP contribution is 2.38. The van der Waals surface area contributed by atoms with E-state index in [-0.39, 0.29) is 5.91 Å². The highest BCUT2D eigenvalue weighted by molar-refractivity contribution is 5.85. The Bertz CT molecular complexity index is 355. The van der Waals surface area contributed by atoms with Gasteiger partial charge in [0.2, 0.25) is 5.91 Å². The first-order valence-electron chi connectivity index (χ1n) is 7.94. The second kappa shape index (κ2) is 5.06. The Morgan fingerprint density at radius 1 is 1.37 bits per heavy atom. The number of hydrogen-bond acceptors (Lipinski definition) is 3. The van der Waals surface area contributed by atoms with Crippen molar-refractivity contribution in [1.29, 1.82) is 0 Å². The molecule has 19 heavy (non-hydrogen) atoms. The number of likely N-dealkylation sites (tertiary alicyclic amines) is 1. The lowest BCUT2D eigenvalue weighted by molar-refractivity contribution is -0.124. The number of nitrogens with one attached hydrogen (secondary N) is 1. The molecule has 0 aromatic heterocycles. The van der Waals surface area contributed by atoms with E-state index in [2.05, 4.69) is 17.1 Å². The third kappa shape index (κ3) is 2.65. The van der Waals surface area contributed by atoms with Crippen LogP contribution in [0.2, 0.25) is 0 Å². The fourth-order valence-electron chi connectivity index (χ4n) is 3.90. The van der Waals surface area contributed by atoms with Gasteiger partial charge in [-0.3, -0.25) is 4.79 Å². The van der Waals surface area contributed by atoms with E-state index in [1.165, 1.54) is 38.8 Å². The maximum absolute atomic E-state index is 11.9. The highest BCUT2D eigenvalue weighted by Gasteiger charge is 2.48. The zero-order valence-electron chi connectivity index (χ0n) is 12.0. The average molecular weight is 265 g/mol. The van der Waals surface area contributed by atoms with Crippen LogP contribution in [-0.4, -0.2) is 41.5 Å². The van der Waals surface area contributed by atoms with E-state index in [1.807, 2.05) is 0 Å². The van der Waals surface area contributed by atoms with E-state index in [0.717, 1.165) is 25.2 Å². The zero-order valence-corrected chi connectivity index (χ0v) is 12.0. The molecular formula is C15H27N3O. The van der Waals surface area contributed by atoms with Crippen LogP contribution in [0.5, 0.6) is 0 Å². The first kappa shape index (κ1) is 13.4. The largest absolute Gasteiger partial charge is 0.368 e. The van der Waals surface area contributed by atoms with Crippen molar-refractivity contribution in [3.63, 3.8) is 0 Å². The summed E-state index contributed by atoms with van der Waals surface area (Å²) in [4.78, 5) is 14.5. The summed E-state index contributed by atoms with van der Waals surface area (Å²) in [5.41, 5.74) is 5.30. The molecule has 3 aliphatic rings. The summed E-state index contributed by atoms with van der Waals surface area (Å²) >= 11 is 0. The molecule has 1 amide bonds. The van der Waals surface area contributed by atoms with Crippen LogP contribution in [0.3, 0.4) is 0 Å². The lowest BCUT2D eigenvalue weighted by Gasteiger charge is -2.29. The maximum atomic E-state index is 11.9. The van der Waals surface area contributed by atoms with Gasteiger partial charge < -0.3 is 16.0 Å². The third-order valence-electron chi connectivity index (χ3n) is 5.43. The normalized spacial score (nSPS) is 39.8. The number of carbonyl (C=O) groups is 1. The summed E-state index contributed by atoms with van der Waals surface area (Å²) in [5.74, 6) is 0.730. The molecule has 3 rings (SSSR count). The smallest absolute Gasteiger partial charge is 0.237 e. The summed E-state index contributed by atoms with van der Waals surface area (Å²) in [6.45, 7) is 4.71. The SMILES string of the molecule is CCC1CCN(C2CCC(NC3CC3)(C(N)=O)C2)C1. The average Bonchev–Trinajstić information content (AvgIpc) is 2.93. The Hall–Kier alpha value is -0.610. The lowest BCUT2D eigenvalue weighted by atomic mass is 9.96. The number of rotatable bonds is 5. The van der Waals surface area contributed by atoms with Crippen LogP contribution in [0, 0.1) is 5.92 Å². The van der Waals surface area contributed by atoms with Crippen molar-refractivity contribution in [2.24, 2.45) is 11.7 Å². The summed E-state index contributed by atoms with van der Waals surface area (Å²) in [6, 6.07) is 1.11. The molecule has 1 heterocycles. The summed E-state index contributed by atoms with van der Waals surface area (Å²) < 4.78 is 0. The van der Waals surface area contributed by atoms with Crippen LogP contribution < -0.4 is 11.1 Å². The van der Waals surface area contributed by atoms with Crippen molar-refractivity contribution in [2.45, 2.75) is 69.5 Å². The molecule has 108 valence electrons. The van der Waals surface area contributed by atoms with E-state index in [4.69, 9.17) is 5.73 Å². The fraction of sp³-hybridized carbons (Fsp3) is 0.933. The minimum atomic E-state index is -0.407. The molecule has 4 heteroatoms. The standard InChI is InChI=1S/C15H27N3O/c1-2-11-6-8-18(10-11)13-5-7-15(9-13,14(16)19)17-12-3-4-12/h11-13,17H,2-10H2,1H3,(H2,16,19). The van der Waals surface area contributed by atoms with Gasteiger partial charge in [-0.1, -0.05) is 13.3 Å². The predicted molar refractivity (Wildman–Crippen MR) is 75.7 cm³/mol. The van der Waals surface area contributed by atoms with Crippen LogP contribution in [0.15, 0.2) is 0 Å². The topological polar surface area (TPSA) is 58.4 Å². The van der Waals surface area contributed by atoms with Gasteiger partial charge >= 0.3 is 0 Å².